The molecule has 1 heterocycles. The maximum Gasteiger partial charge on any atom is 0.230 e. The zero-order chi connectivity index (χ0) is 12.0. The SMILES string of the molecule is CCCNC(=O)CSc1ncc(CO)n1C. The predicted octanol–water partition coefficient (Wildman–Crippen LogP) is 0.531. The molecule has 0 aliphatic carbocycles. The van der Waals surface area contributed by atoms with Gasteiger partial charge in [0.1, 0.15) is 0 Å². The quantitative estimate of drug-likeness (QED) is 0.715. The van der Waals surface area contributed by atoms with Gasteiger partial charge in [-0.25, -0.2) is 4.98 Å². The van der Waals surface area contributed by atoms with Crippen molar-refractivity contribution < 1.29 is 9.90 Å². The molecule has 0 aromatic carbocycles. The first-order valence-corrected chi connectivity index (χ1v) is 6.18. The van der Waals surface area contributed by atoms with E-state index in [-0.39, 0.29) is 12.5 Å². The lowest BCUT2D eigenvalue weighted by Crippen LogP contribution is -2.25. The van der Waals surface area contributed by atoms with Crippen molar-refractivity contribution in [2.45, 2.75) is 25.1 Å². The Morgan fingerprint density at radius 3 is 3.00 bits per heavy atom. The first-order valence-electron chi connectivity index (χ1n) is 5.20. The van der Waals surface area contributed by atoms with Crippen LogP contribution in [0.3, 0.4) is 0 Å². The van der Waals surface area contributed by atoms with E-state index in [1.54, 1.807) is 10.8 Å². The third-order valence-corrected chi connectivity index (χ3v) is 3.15. The second kappa shape index (κ2) is 6.55. The Labute approximate surface area is 99.3 Å². The molecule has 1 rings (SSSR count). The van der Waals surface area contributed by atoms with Crippen LogP contribution >= 0.6 is 11.8 Å². The number of nitrogens with zero attached hydrogens (tertiary/aromatic N) is 2. The lowest BCUT2D eigenvalue weighted by atomic mass is 10.5. The number of aromatic nitrogens is 2. The average molecular weight is 243 g/mol. The normalized spacial score (nSPS) is 10.4. The molecule has 0 saturated carbocycles. The van der Waals surface area contributed by atoms with Gasteiger partial charge in [-0.15, -0.1) is 0 Å². The van der Waals surface area contributed by atoms with Gasteiger partial charge in [0.15, 0.2) is 5.16 Å². The van der Waals surface area contributed by atoms with Gasteiger partial charge < -0.3 is 15.0 Å². The van der Waals surface area contributed by atoms with Crippen molar-refractivity contribution >= 4 is 17.7 Å². The molecule has 0 bridgehead atoms. The molecule has 2 N–H and O–H groups in total. The van der Waals surface area contributed by atoms with Gasteiger partial charge in [0.25, 0.3) is 0 Å². The van der Waals surface area contributed by atoms with Gasteiger partial charge >= 0.3 is 0 Å². The van der Waals surface area contributed by atoms with Crippen LogP contribution in [0, 0.1) is 0 Å². The molecule has 1 amide bonds. The number of rotatable bonds is 6. The number of aliphatic hydroxyl groups is 1. The number of carbonyl (C=O) groups excluding carboxylic acids is 1. The first-order chi connectivity index (χ1) is 7.69. The lowest BCUT2D eigenvalue weighted by Gasteiger charge is -2.04. The molecule has 0 saturated heterocycles. The van der Waals surface area contributed by atoms with E-state index in [2.05, 4.69) is 10.3 Å². The Morgan fingerprint density at radius 1 is 1.69 bits per heavy atom. The highest BCUT2D eigenvalue weighted by Gasteiger charge is 2.08. The molecular formula is C10H17N3O2S. The van der Waals surface area contributed by atoms with Crippen LogP contribution < -0.4 is 5.32 Å². The van der Waals surface area contributed by atoms with E-state index in [9.17, 15) is 4.79 Å². The van der Waals surface area contributed by atoms with Gasteiger partial charge in [-0.1, -0.05) is 18.7 Å². The highest BCUT2D eigenvalue weighted by atomic mass is 32.2. The fourth-order valence-electron chi connectivity index (χ4n) is 1.15. The Bertz CT molecular complexity index is 352. The molecule has 0 atom stereocenters. The summed E-state index contributed by atoms with van der Waals surface area (Å²) in [4.78, 5) is 15.5. The topological polar surface area (TPSA) is 67.2 Å². The molecule has 0 aliphatic heterocycles. The molecule has 0 unspecified atom stereocenters. The third-order valence-electron chi connectivity index (χ3n) is 2.11. The summed E-state index contributed by atoms with van der Waals surface area (Å²) in [5.74, 6) is 0.371. The number of amides is 1. The standard InChI is InChI=1S/C10H17N3O2S/c1-3-4-11-9(15)7-16-10-12-5-8(6-14)13(10)2/h5,14H,3-4,6-7H2,1-2H3,(H,11,15). The van der Waals surface area contributed by atoms with Crippen molar-refractivity contribution in [3.63, 3.8) is 0 Å². The van der Waals surface area contributed by atoms with E-state index in [1.165, 1.54) is 11.8 Å². The minimum absolute atomic E-state index is 0.0143. The van der Waals surface area contributed by atoms with Crippen LogP contribution in [-0.2, 0) is 18.4 Å². The number of thioether (sulfide) groups is 1. The summed E-state index contributed by atoms with van der Waals surface area (Å²) in [7, 11) is 1.82. The van der Waals surface area contributed by atoms with Gasteiger partial charge in [-0.05, 0) is 6.42 Å². The molecule has 0 fully saturated rings. The summed E-state index contributed by atoms with van der Waals surface area (Å²) in [5.41, 5.74) is 0.747. The van der Waals surface area contributed by atoms with E-state index in [4.69, 9.17) is 5.11 Å². The molecular weight excluding hydrogens is 226 g/mol. The second-order valence-corrected chi connectivity index (χ2v) is 4.33. The number of aliphatic hydroxyl groups excluding tert-OH is 1. The van der Waals surface area contributed by atoms with E-state index in [0.717, 1.165) is 17.3 Å². The van der Waals surface area contributed by atoms with Gasteiger partial charge in [-0.3, -0.25) is 4.79 Å². The maximum absolute atomic E-state index is 11.3. The Hall–Kier alpha value is -1.01. The van der Waals surface area contributed by atoms with E-state index < -0.39 is 0 Å². The number of hydrogen-bond donors (Lipinski definition) is 2. The summed E-state index contributed by atoms with van der Waals surface area (Å²) >= 11 is 1.37. The average Bonchev–Trinajstić information content (AvgIpc) is 2.64. The van der Waals surface area contributed by atoms with Crippen molar-refractivity contribution in [3.8, 4) is 0 Å². The summed E-state index contributed by atoms with van der Waals surface area (Å²) in [6.07, 6.45) is 2.56. The van der Waals surface area contributed by atoms with Gasteiger partial charge in [0.2, 0.25) is 5.91 Å². The summed E-state index contributed by atoms with van der Waals surface area (Å²) in [6, 6.07) is 0. The van der Waals surface area contributed by atoms with Crippen LogP contribution in [0.2, 0.25) is 0 Å². The van der Waals surface area contributed by atoms with E-state index >= 15 is 0 Å². The first kappa shape index (κ1) is 13.1. The Kier molecular flexibility index (Phi) is 5.34. The van der Waals surface area contributed by atoms with Crippen LogP contribution in [0.4, 0.5) is 0 Å². The fourth-order valence-corrected chi connectivity index (χ4v) is 1.95. The largest absolute Gasteiger partial charge is 0.390 e. The molecule has 6 heteroatoms. The highest BCUT2D eigenvalue weighted by Crippen LogP contribution is 2.16. The van der Waals surface area contributed by atoms with Crippen LogP contribution in [0.1, 0.15) is 19.0 Å². The minimum Gasteiger partial charge on any atom is -0.390 e. The summed E-state index contributed by atoms with van der Waals surface area (Å²) < 4.78 is 1.79. The van der Waals surface area contributed by atoms with Crippen LogP contribution in [0.15, 0.2) is 11.4 Å². The molecule has 0 spiro atoms. The van der Waals surface area contributed by atoms with E-state index in [1.807, 2.05) is 14.0 Å². The molecule has 90 valence electrons. The van der Waals surface area contributed by atoms with Crippen LogP contribution in [0.5, 0.6) is 0 Å². The zero-order valence-corrected chi connectivity index (χ0v) is 10.4. The van der Waals surface area contributed by atoms with Gasteiger partial charge in [0.05, 0.1) is 24.3 Å². The molecule has 5 nitrogen and oxygen atoms in total. The number of nitrogens with one attached hydrogen (secondary N) is 1. The van der Waals surface area contributed by atoms with Gasteiger partial charge in [-0.2, -0.15) is 0 Å². The molecule has 1 aromatic rings. The summed E-state index contributed by atoms with van der Waals surface area (Å²) in [5, 5.41) is 12.5. The van der Waals surface area contributed by atoms with Crippen LogP contribution in [-0.4, -0.2) is 32.9 Å². The van der Waals surface area contributed by atoms with Crippen molar-refractivity contribution in [2.75, 3.05) is 12.3 Å². The smallest absolute Gasteiger partial charge is 0.230 e. The predicted molar refractivity (Wildman–Crippen MR) is 63.2 cm³/mol. The van der Waals surface area contributed by atoms with Crippen molar-refractivity contribution in [1.29, 1.82) is 0 Å². The molecule has 0 radical (unpaired) electrons. The summed E-state index contributed by atoms with van der Waals surface area (Å²) in [6.45, 7) is 2.69. The fraction of sp³-hybridized carbons (Fsp3) is 0.600. The lowest BCUT2D eigenvalue weighted by molar-refractivity contribution is -0.118. The van der Waals surface area contributed by atoms with Crippen molar-refractivity contribution in [3.05, 3.63) is 11.9 Å². The monoisotopic (exact) mass is 243 g/mol. The van der Waals surface area contributed by atoms with E-state index in [0.29, 0.717) is 12.3 Å². The second-order valence-electron chi connectivity index (χ2n) is 3.39. The third kappa shape index (κ3) is 3.53. The van der Waals surface area contributed by atoms with Crippen LogP contribution in [0.25, 0.3) is 0 Å². The van der Waals surface area contributed by atoms with Crippen molar-refractivity contribution in [2.24, 2.45) is 7.05 Å². The molecule has 1 aromatic heterocycles. The Balaban J connectivity index is 2.42. The zero-order valence-electron chi connectivity index (χ0n) is 9.56. The maximum atomic E-state index is 11.3. The number of carbonyl (C=O) groups is 1. The van der Waals surface area contributed by atoms with Crippen molar-refractivity contribution in [1.82, 2.24) is 14.9 Å². The molecule has 16 heavy (non-hydrogen) atoms. The minimum atomic E-state index is -0.0356. The Morgan fingerprint density at radius 2 is 2.44 bits per heavy atom. The highest BCUT2D eigenvalue weighted by molar-refractivity contribution is 7.99. The number of imidazole rings is 1. The molecule has 0 aliphatic rings. The number of hydrogen-bond acceptors (Lipinski definition) is 4. The van der Waals surface area contributed by atoms with Gasteiger partial charge in [0, 0.05) is 13.6 Å².